The first-order valence-electron chi connectivity index (χ1n) is 6.60. The number of benzene rings is 1. The molecule has 0 saturated heterocycles. The van der Waals surface area contributed by atoms with Crippen LogP contribution in [0.1, 0.15) is 26.3 Å². The summed E-state index contributed by atoms with van der Waals surface area (Å²) in [5.41, 5.74) is 2.19. The molecule has 3 nitrogen and oxygen atoms in total. The molecule has 0 amide bonds. The maximum Gasteiger partial charge on any atom is 0.121 e. The SMILES string of the molecule is CCNC(C)(C#N)CN1c2ccccc2CC1C. The van der Waals surface area contributed by atoms with Crippen molar-refractivity contribution in [1.29, 1.82) is 5.26 Å². The summed E-state index contributed by atoms with van der Waals surface area (Å²) in [5.74, 6) is 0. The zero-order chi connectivity index (χ0) is 13.2. The van der Waals surface area contributed by atoms with Gasteiger partial charge in [0.1, 0.15) is 5.54 Å². The molecule has 1 aliphatic heterocycles. The monoisotopic (exact) mass is 243 g/mol. The van der Waals surface area contributed by atoms with Gasteiger partial charge in [-0.15, -0.1) is 0 Å². The van der Waals surface area contributed by atoms with Crippen LogP contribution in [-0.2, 0) is 6.42 Å². The van der Waals surface area contributed by atoms with E-state index in [9.17, 15) is 5.26 Å². The molecule has 1 heterocycles. The van der Waals surface area contributed by atoms with Crippen molar-refractivity contribution < 1.29 is 0 Å². The third-order valence-corrected chi connectivity index (χ3v) is 3.65. The van der Waals surface area contributed by atoms with Crippen LogP contribution in [0.15, 0.2) is 24.3 Å². The second-order valence-electron chi connectivity index (χ2n) is 5.28. The molecule has 0 saturated carbocycles. The number of hydrogen-bond acceptors (Lipinski definition) is 3. The fourth-order valence-corrected chi connectivity index (χ4v) is 2.73. The Bertz CT molecular complexity index is 463. The summed E-state index contributed by atoms with van der Waals surface area (Å²) in [6.45, 7) is 7.79. The molecule has 1 aromatic rings. The van der Waals surface area contributed by atoms with Gasteiger partial charge >= 0.3 is 0 Å². The average Bonchev–Trinajstić information content (AvgIpc) is 2.66. The molecule has 0 spiro atoms. The van der Waals surface area contributed by atoms with Crippen molar-refractivity contribution >= 4 is 5.69 Å². The first kappa shape index (κ1) is 12.9. The summed E-state index contributed by atoms with van der Waals surface area (Å²) in [5, 5.41) is 12.7. The zero-order valence-electron chi connectivity index (χ0n) is 11.4. The van der Waals surface area contributed by atoms with Gasteiger partial charge in [-0.1, -0.05) is 25.1 Å². The van der Waals surface area contributed by atoms with E-state index < -0.39 is 5.54 Å². The van der Waals surface area contributed by atoms with Gasteiger partial charge in [-0.05, 0) is 38.4 Å². The van der Waals surface area contributed by atoms with Crippen LogP contribution in [0.4, 0.5) is 5.69 Å². The van der Waals surface area contributed by atoms with E-state index in [1.165, 1.54) is 11.3 Å². The van der Waals surface area contributed by atoms with Gasteiger partial charge in [0.05, 0.1) is 6.07 Å². The number of hydrogen-bond donors (Lipinski definition) is 1. The number of nitrogens with one attached hydrogen (secondary N) is 1. The molecule has 0 radical (unpaired) electrons. The van der Waals surface area contributed by atoms with Crippen LogP contribution < -0.4 is 10.2 Å². The predicted octanol–water partition coefficient (Wildman–Crippen LogP) is 2.33. The number of rotatable bonds is 4. The van der Waals surface area contributed by atoms with Gasteiger partial charge in [0.2, 0.25) is 0 Å². The molecule has 2 unspecified atom stereocenters. The third-order valence-electron chi connectivity index (χ3n) is 3.65. The second kappa shape index (κ2) is 4.99. The number of para-hydroxylation sites is 1. The minimum absolute atomic E-state index is 0.466. The highest BCUT2D eigenvalue weighted by atomic mass is 15.2. The van der Waals surface area contributed by atoms with Crippen LogP contribution >= 0.6 is 0 Å². The first-order valence-corrected chi connectivity index (χ1v) is 6.60. The van der Waals surface area contributed by atoms with E-state index in [4.69, 9.17) is 0 Å². The van der Waals surface area contributed by atoms with Crippen LogP contribution in [0.3, 0.4) is 0 Å². The van der Waals surface area contributed by atoms with E-state index in [0.29, 0.717) is 6.04 Å². The van der Waals surface area contributed by atoms with E-state index in [0.717, 1.165) is 19.5 Å². The maximum absolute atomic E-state index is 9.37. The first-order chi connectivity index (χ1) is 8.59. The summed E-state index contributed by atoms with van der Waals surface area (Å²) in [7, 11) is 0. The number of likely N-dealkylation sites (N-methyl/N-ethyl adjacent to an activating group) is 1. The summed E-state index contributed by atoms with van der Waals surface area (Å²) < 4.78 is 0. The van der Waals surface area contributed by atoms with Gasteiger partial charge in [0.25, 0.3) is 0 Å². The molecule has 96 valence electrons. The smallest absolute Gasteiger partial charge is 0.121 e. The van der Waals surface area contributed by atoms with Crippen molar-refractivity contribution in [3.8, 4) is 6.07 Å². The number of fused-ring (bicyclic) bond motifs is 1. The average molecular weight is 243 g/mol. The van der Waals surface area contributed by atoms with Crippen molar-refractivity contribution in [2.45, 2.75) is 38.8 Å². The fraction of sp³-hybridized carbons (Fsp3) is 0.533. The molecule has 0 fully saturated rings. The van der Waals surface area contributed by atoms with Gasteiger partial charge < -0.3 is 4.90 Å². The van der Waals surface area contributed by atoms with Gasteiger partial charge in [-0.2, -0.15) is 5.26 Å². The topological polar surface area (TPSA) is 39.1 Å². The van der Waals surface area contributed by atoms with Crippen molar-refractivity contribution in [3.05, 3.63) is 29.8 Å². The largest absolute Gasteiger partial charge is 0.365 e. The standard InChI is InChI=1S/C15H21N3/c1-4-17-15(3,10-16)11-18-12(2)9-13-7-5-6-8-14(13)18/h5-8,12,17H,4,9,11H2,1-3H3. The highest BCUT2D eigenvalue weighted by molar-refractivity contribution is 5.59. The highest BCUT2D eigenvalue weighted by Crippen LogP contribution is 2.32. The number of nitrogens with zero attached hydrogens (tertiary/aromatic N) is 2. The van der Waals surface area contributed by atoms with Crippen molar-refractivity contribution in [1.82, 2.24) is 5.32 Å². The summed E-state index contributed by atoms with van der Waals surface area (Å²) in [6.07, 6.45) is 1.07. The Morgan fingerprint density at radius 3 is 2.89 bits per heavy atom. The molecule has 2 atom stereocenters. The Hall–Kier alpha value is -1.53. The van der Waals surface area contributed by atoms with Crippen LogP contribution in [-0.4, -0.2) is 24.7 Å². The summed E-state index contributed by atoms with van der Waals surface area (Å²) in [6, 6.07) is 11.4. The quantitative estimate of drug-likeness (QED) is 0.882. The molecule has 0 bridgehead atoms. The predicted molar refractivity (Wildman–Crippen MR) is 74.6 cm³/mol. The van der Waals surface area contributed by atoms with E-state index in [1.807, 2.05) is 13.8 Å². The Morgan fingerprint density at radius 1 is 1.50 bits per heavy atom. The Kier molecular flexibility index (Phi) is 3.58. The number of nitriles is 1. The molecule has 0 aliphatic carbocycles. The summed E-state index contributed by atoms with van der Waals surface area (Å²) in [4.78, 5) is 2.35. The van der Waals surface area contributed by atoms with Gasteiger partial charge in [-0.25, -0.2) is 0 Å². The minimum atomic E-state index is -0.486. The molecule has 2 rings (SSSR count). The lowest BCUT2D eigenvalue weighted by Gasteiger charge is -2.33. The van der Waals surface area contributed by atoms with Crippen LogP contribution in [0.2, 0.25) is 0 Å². The minimum Gasteiger partial charge on any atom is -0.365 e. The molecule has 0 aromatic heterocycles. The number of anilines is 1. The molecular weight excluding hydrogens is 222 g/mol. The molecule has 1 N–H and O–H groups in total. The van der Waals surface area contributed by atoms with Crippen molar-refractivity contribution in [2.75, 3.05) is 18.0 Å². The normalized spacial score (nSPS) is 21.2. The third kappa shape index (κ3) is 2.34. The molecule has 18 heavy (non-hydrogen) atoms. The van der Waals surface area contributed by atoms with Gasteiger partial charge in [-0.3, -0.25) is 5.32 Å². The lowest BCUT2D eigenvalue weighted by atomic mass is 10.0. The molecule has 1 aliphatic rings. The molecule has 3 heteroatoms. The summed E-state index contributed by atoms with van der Waals surface area (Å²) >= 11 is 0. The van der Waals surface area contributed by atoms with Crippen LogP contribution in [0.5, 0.6) is 0 Å². The Balaban J connectivity index is 2.22. The van der Waals surface area contributed by atoms with Crippen molar-refractivity contribution in [3.63, 3.8) is 0 Å². The van der Waals surface area contributed by atoms with Crippen LogP contribution in [0, 0.1) is 11.3 Å². The molecular formula is C15H21N3. The van der Waals surface area contributed by atoms with Crippen LogP contribution in [0.25, 0.3) is 0 Å². The highest BCUT2D eigenvalue weighted by Gasteiger charge is 2.32. The lowest BCUT2D eigenvalue weighted by molar-refractivity contribution is 0.443. The zero-order valence-corrected chi connectivity index (χ0v) is 11.4. The van der Waals surface area contributed by atoms with Crippen molar-refractivity contribution in [2.24, 2.45) is 0 Å². The Labute approximate surface area is 109 Å². The van der Waals surface area contributed by atoms with E-state index in [-0.39, 0.29) is 0 Å². The second-order valence-corrected chi connectivity index (χ2v) is 5.28. The Morgan fingerprint density at radius 2 is 2.22 bits per heavy atom. The van der Waals surface area contributed by atoms with E-state index in [2.05, 4.69) is 47.5 Å². The molecule has 1 aromatic carbocycles. The van der Waals surface area contributed by atoms with E-state index in [1.54, 1.807) is 0 Å². The maximum atomic E-state index is 9.37. The van der Waals surface area contributed by atoms with Gasteiger partial charge in [0, 0.05) is 18.3 Å². The fourth-order valence-electron chi connectivity index (χ4n) is 2.73. The van der Waals surface area contributed by atoms with E-state index >= 15 is 0 Å². The lowest BCUT2D eigenvalue weighted by Crippen LogP contribution is -2.51. The van der Waals surface area contributed by atoms with Gasteiger partial charge in [0.15, 0.2) is 0 Å².